The Balaban J connectivity index is 1.41. The number of hydrogen-bond acceptors (Lipinski definition) is 1. The van der Waals surface area contributed by atoms with Gasteiger partial charge in [0, 0.05) is 33.0 Å². The van der Waals surface area contributed by atoms with Crippen LogP contribution >= 0.6 is 0 Å². The Labute approximate surface area is 254 Å². The van der Waals surface area contributed by atoms with Crippen molar-refractivity contribution in [2.75, 3.05) is 0 Å². The van der Waals surface area contributed by atoms with Gasteiger partial charge in [0.1, 0.15) is 5.82 Å². The SMILES string of the molecule is c1ccc(-c2ccccc2-n2c3ccccc3c3c4ccc5nc(-c6ccccc6)n(-c6ccccc6)c5c4ccc32)cc1. The highest BCUT2D eigenvalue weighted by Gasteiger charge is 2.21. The number of nitrogens with zero attached hydrogens (tertiary/aromatic N) is 3. The van der Waals surface area contributed by atoms with Gasteiger partial charge >= 0.3 is 0 Å². The molecule has 0 aliphatic rings. The molecule has 0 saturated heterocycles. The van der Waals surface area contributed by atoms with Gasteiger partial charge in [-0.2, -0.15) is 0 Å². The Morgan fingerprint density at radius 2 is 1.05 bits per heavy atom. The molecule has 0 aliphatic heterocycles. The number of fused-ring (bicyclic) bond motifs is 7. The summed E-state index contributed by atoms with van der Waals surface area (Å²) in [6.07, 6.45) is 0. The summed E-state index contributed by atoms with van der Waals surface area (Å²) in [5.74, 6) is 0.943. The van der Waals surface area contributed by atoms with Crippen LogP contribution in [0.2, 0.25) is 0 Å². The van der Waals surface area contributed by atoms with Crippen LogP contribution in [0.25, 0.3) is 77.5 Å². The highest BCUT2D eigenvalue weighted by atomic mass is 15.1. The van der Waals surface area contributed by atoms with E-state index in [1.165, 1.54) is 49.4 Å². The molecule has 0 saturated carbocycles. The summed E-state index contributed by atoms with van der Waals surface area (Å²) in [6.45, 7) is 0. The van der Waals surface area contributed by atoms with E-state index in [0.29, 0.717) is 0 Å². The first-order chi connectivity index (χ1) is 21.9. The number of hydrogen-bond donors (Lipinski definition) is 0. The van der Waals surface area contributed by atoms with Gasteiger partial charge in [-0.15, -0.1) is 0 Å². The predicted molar refractivity (Wildman–Crippen MR) is 184 cm³/mol. The summed E-state index contributed by atoms with van der Waals surface area (Å²) in [5.41, 5.74) is 10.3. The second-order valence-corrected chi connectivity index (χ2v) is 11.2. The molecule has 2 aromatic heterocycles. The zero-order valence-corrected chi connectivity index (χ0v) is 23.9. The van der Waals surface area contributed by atoms with Crippen molar-refractivity contribution in [1.82, 2.24) is 14.1 Å². The summed E-state index contributed by atoms with van der Waals surface area (Å²) in [7, 11) is 0. The van der Waals surface area contributed by atoms with E-state index in [0.717, 1.165) is 28.1 Å². The third-order valence-electron chi connectivity index (χ3n) is 8.72. The fourth-order valence-electron chi connectivity index (χ4n) is 6.84. The van der Waals surface area contributed by atoms with Crippen molar-refractivity contribution in [1.29, 1.82) is 0 Å². The first-order valence-corrected chi connectivity index (χ1v) is 15.0. The van der Waals surface area contributed by atoms with E-state index < -0.39 is 0 Å². The largest absolute Gasteiger partial charge is 0.309 e. The van der Waals surface area contributed by atoms with Crippen molar-refractivity contribution < 1.29 is 0 Å². The number of aromatic nitrogens is 3. The zero-order valence-electron chi connectivity index (χ0n) is 23.9. The molecule has 7 aromatic carbocycles. The van der Waals surface area contributed by atoms with Gasteiger partial charge < -0.3 is 4.57 Å². The lowest BCUT2D eigenvalue weighted by atomic mass is 10.0. The molecule has 2 heterocycles. The van der Waals surface area contributed by atoms with E-state index in [1.807, 2.05) is 0 Å². The number of benzene rings is 7. The molecule has 9 aromatic rings. The fraction of sp³-hybridized carbons (Fsp3) is 0. The average Bonchev–Trinajstić information content (AvgIpc) is 3.66. The zero-order chi connectivity index (χ0) is 29.0. The molecule has 0 aliphatic carbocycles. The second-order valence-electron chi connectivity index (χ2n) is 11.2. The van der Waals surface area contributed by atoms with Crippen LogP contribution in [0.1, 0.15) is 0 Å². The van der Waals surface area contributed by atoms with Crippen LogP contribution in [-0.2, 0) is 0 Å². The first-order valence-electron chi connectivity index (χ1n) is 15.0. The monoisotopic (exact) mass is 561 g/mol. The highest BCUT2D eigenvalue weighted by molar-refractivity contribution is 6.25. The molecule has 3 heteroatoms. The van der Waals surface area contributed by atoms with E-state index in [1.54, 1.807) is 0 Å². The van der Waals surface area contributed by atoms with Gasteiger partial charge in [0.15, 0.2) is 0 Å². The van der Waals surface area contributed by atoms with Gasteiger partial charge in [-0.25, -0.2) is 4.98 Å². The maximum absolute atomic E-state index is 5.21. The highest BCUT2D eigenvalue weighted by Crippen LogP contribution is 2.42. The van der Waals surface area contributed by atoms with Crippen LogP contribution in [0.5, 0.6) is 0 Å². The quantitative estimate of drug-likeness (QED) is 0.210. The molecule has 0 fully saturated rings. The molecule has 0 unspecified atom stereocenters. The van der Waals surface area contributed by atoms with Crippen LogP contribution in [0, 0.1) is 0 Å². The Bertz CT molecular complexity index is 2470. The molecule has 0 bridgehead atoms. The lowest BCUT2D eigenvalue weighted by molar-refractivity contribution is 1.11. The standard InChI is InChI=1S/C41H27N3/c1-4-14-28(15-5-1)31-20-10-12-22-36(31)44-37-23-13-11-21-34(37)39-32-24-26-35-40(33(32)25-27-38(39)44)43(30-18-8-3-9-19-30)41(42-35)29-16-6-2-7-17-29/h1-27H. The minimum absolute atomic E-state index is 0.943. The third-order valence-corrected chi connectivity index (χ3v) is 8.72. The lowest BCUT2D eigenvalue weighted by Crippen LogP contribution is -1.98. The summed E-state index contributed by atoms with van der Waals surface area (Å²) in [5, 5.41) is 4.90. The van der Waals surface area contributed by atoms with E-state index >= 15 is 0 Å². The maximum atomic E-state index is 5.21. The van der Waals surface area contributed by atoms with Crippen molar-refractivity contribution >= 4 is 43.6 Å². The smallest absolute Gasteiger partial charge is 0.145 e. The van der Waals surface area contributed by atoms with Crippen LogP contribution in [0.15, 0.2) is 164 Å². The molecule has 0 radical (unpaired) electrons. The van der Waals surface area contributed by atoms with Gasteiger partial charge in [-0.1, -0.05) is 127 Å². The molecule has 206 valence electrons. The van der Waals surface area contributed by atoms with Gasteiger partial charge in [0.05, 0.1) is 27.8 Å². The van der Waals surface area contributed by atoms with Gasteiger partial charge in [0.2, 0.25) is 0 Å². The average molecular weight is 562 g/mol. The Kier molecular flexibility index (Phi) is 5.50. The summed E-state index contributed by atoms with van der Waals surface area (Å²) in [4.78, 5) is 5.21. The minimum atomic E-state index is 0.943. The molecule has 0 spiro atoms. The van der Waals surface area contributed by atoms with E-state index in [4.69, 9.17) is 4.98 Å². The van der Waals surface area contributed by atoms with Gasteiger partial charge in [-0.3, -0.25) is 4.57 Å². The van der Waals surface area contributed by atoms with Crippen LogP contribution in [0.3, 0.4) is 0 Å². The van der Waals surface area contributed by atoms with Crippen molar-refractivity contribution in [2.45, 2.75) is 0 Å². The molecular weight excluding hydrogens is 534 g/mol. The maximum Gasteiger partial charge on any atom is 0.145 e. The fourth-order valence-corrected chi connectivity index (χ4v) is 6.84. The van der Waals surface area contributed by atoms with Crippen molar-refractivity contribution in [3.8, 4) is 33.9 Å². The van der Waals surface area contributed by atoms with Crippen LogP contribution in [0.4, 0.5) is 0 Å². The number of para-hydroxylation sites is 3. The van der Waals surface area contributed by atoms with Crippen molar-refractivity contribution in [3.05, 3.63) is 164 Å². The van der Waals surface area contributed by atoms with Crippen LogP contribution < -0.4 is 0 Å². The summed E-state index contributed by atoms with van der Waals surface area (Å²) >= 11 is 0. The Morgan fingerprint density at radius 1 is 0.409 bits per heavy atom. The normalized spacial score (nSPS) is 11.6. The van der Waals surface area contributed by atoms with Crippen molar-refractivity contribution in [2.24, 2.45) is 0 Å². The van der Waals surface area contributed by atoms with E-state index in [-0.39, 0.29) is 0 Å². The van der Waals surface area contributed by atoms with Gasteiger partial charge in [0.25, 0.3) is 0 Å². The van der Waals surface area contributed by atoms with Gasteiger partial charge in [-0.05, 0) is 47.3 Å². The predicted octanol–water partition coefficient (Wildman–Crippen LogP) is 10.6. The molecule has 3 nitrogen and oxygen atoms in total. The van der Waals surface area contributed by atoms with Crippen LogP contribution in [-0.4, -0.2) is 14.1 Å². The minimum Gasteiger partial charge on any atom is -0.309 e. The molecule has 0 atom stereocenters. The van der Waals surface area contributed by atoms with E-state index in [9.17, 15) is 0 Å². The van der Waals surface area contributed by atoms with Crippen molar-refractivity contribution in [3.63, 3.8) is 0 Å². The Morgan fingerprint density at radius 3 is 1.84 bits per heavy atom. The molecule has 9 rings (SSSR count). The summed E-state index contributed by atoms with van der Waals surface area (Å²) < 4.78 is 4.75. The molecule has 44 heavy (non-hydrogen) atoms. The number of rotatable bonds is 4. The first kappa shape index (κ1) is 24.6. The topological polar surface area (TPSA) is 22.8 Å². The molecule has 0 amide bonds. The molecular formula is C41H27N3. The second kappa shape index (κ2) is 9.82. The number of imidazole rings is 1. The summed E-state index contributed by atoms with van der Waals surface area (Å²) in [6, 6.07) is 58.3. The third kappa shape index (κ3) is 3.66. The molecule has 0 N–H and O–H groups in total. The lowest BCUT2D eigenvalue weighted by Gasteiger charge is -2.14. The van der Waals surface area contributed by atoms with E-state index in [2.05, 4.69) is 173 Å². The Hall–Kier alpha value is -5.93.